The van der Waals surface area contributed by atoms with Gasteiger partial charge in [0.2, 0.25) is 10.0 Å². The summed E-state index contributed by atoms with van der Waals surface area (Å²) in [5.41, 5.74) is 3.60. The number of sulfonamides is 1. The Balaban J connectivity index is 2.00. The van der Waals surface area contributed by atoms with E-state index in [0.29, 0.717) is 18.0 Å². The van der Waals surface area contributed by atoms with E-state index < -0.39 is 10.0 Å². The van der Waals surface area contributed by atoms with Gasteiger partial charge in [-0.1, -0.05) is 35.9 Å². The van der Waals surface area contributed by atoms with Gasteiger partial charge in [0.1, 0.15) is 0 Å². The maximum absolute atomic E-state index is 12.5. The largest absolute Gasteiger partial charge is 0.384 e. The van der Waals surface area contributed by atoms with Crippen LogP contribution in [0.3, 0.4) is 0 Å². The third-order valence-corrected chi connectivity index (χ3v) is 5.16. The van der Waals surface area contributed by atoms with Gasteiger partial charge < -0.3 is 5.32 Å². The second-order valence-electron chi connectivity index (χ2n) is 5.42. The summed E-state index contributed by atoms with van der Waals surface area (Å²) < 4.78 is 27.6. The maximum Gasteiger partial charge on any atom is 0.241 e. The molecule has 0 unspecified atom stereocenters. The lowest BCUT2D eigenvalue weighted by atomic mass is 10.1. The van der Waals surface area contributed by atoms with Crippen LogP contribution in [0.15, 0.2) is 47.4 Å². The van der Waals surface area contributed by atoms with E-state index in [2.05, 4.69) is 10.0 Å². The normalized spacial score (nSPS) is 11.4. The average molecular weight is 318 g/mol. The second kappa shape index (κ2) is 6.94. The summed E-state index contributed by atoms with van der Waals surface area (Å²) in [4.78, 5) is 0.387. The number of nitrogens with one attached hydrogen (secondary N) is 2. The molecule has 0 heterocycles. The van der Waals surface area contributed by atoms with Gasteiger partial charge in [0.15, 0.2) is 0 Å². The second-order valence-corrected chi connectivity index (χ2v) is 7.12. The van der Waals surface area contributed by atoms with Crippen molar-refractivity contribution in [2.24, 2.45) is 0 Å². The van der Waals surface area contributed by atoms with Gasteiger partial charge in [-0.25, -0.2) is 13.1 Å². The van der Waals surface area contributed by atoms with E-state index in [4.69, 9.17) is 0 Å². The van der Waals surface area contributed by atoms with Crippen LogP contribution >= 0.6 is 0 Å². The highest BCUT2D eigenvalue weighted by Crippen LogP contribution is 2.21. The first-order chi connectivity index (χ1) is 10.4. The van der Waals surface area contributed by atoms with Gasteiger partial charge in [-0.2, -0.15) is 0 Å². The van der Waals surface area contributed by atoms with Gasteiger partial charge in [-0.15, -0.1) is 0 Å². The summed E-state index contributed by atoms with van der Waals surface area (Å²) in [6.45, 7) is 6.50. The molecule has 0 aromatic heterocycles. The molecule has 0 aliphatic heterocycles. The van der Waals surface area contributed by atoms with E-state index in [9.17, 15) is 8.42 Å². The number of rotatable bonds is 6. The topological polar surface area (TPSA) is 58.2 Å². The van der Waals surface area contributed by atoms with Gasteiger partial charge in [0, 0.05) is 18.8 Å². The molecule has 2 aromatic carbocycles. The Kier molecular flexibility index (Phi) is 5.21. The number of benzene rings is 2. The van der Waals surface area contributed by atoms with Crippen LogP contribution in [-0.2, 0) is 10.0 Å². The predicted octanol–water partition coefficient (Wildman–Crippen LogP) is 3.00. The van der Waals surface area contributed by atoms with E-state index in [1.165, 1.54) is 0 Å². The van der Waals surface area contributed by atoms with E-state index in [1.54, 1.807) is 0 Å². The van der Waals surface area contributed by atoms with Crippen molar-refractivity contribution < 1.29 is 8.42 Å². The summed E-state index contributed by atoms with van der Waals surface area (Å²) in [7, 11) is -3.48. The number of hydrogen-bond donors (Lipinski definition) is 2. The first kappa shape index (κ1) is 16.5. The zero-order valence-corrected chi connectivity index (χ0v) is 14.0. The van der Waals surface area contributed by atoms with Crippen molar-refractivity contribution in [2.75, 3.05) is 18.4 Å². The highest BCUT2D eigenvalue weighted by atomic mass is 32.2. The number of hydrogen-bond acceptors (Lipinski definition) is 3. The van der Waals surface area contributed by atoms with Crippen LogP contribution in [0.4, 0.5) is 5.69 Å². The van der Waals surface area contributed by atoms with Crippen LogP contribution in [0, 0.1) is 20.8 Å². The van der Waals surface area contributed by atoms with Crippen molar-refractivity contribution in [1.29, 1.82) is 0 Å². The van der Waals surface area contributed by atoms with Crippen LogP contribution < -0.4 is 10.0 Å². The Morgan fingerprint density at radius 3 is 2.09 bits per heavy atom. The fourth-order valence-electron chi connectivity index (χ4n) is 2.61. The van der Waals surface area contributed by atoms with Crippen molar-refractivity contribution in [2.45, 2.75) is 25.7 Å². The van der Waals surface area contributed by atoms with Crippen molar-refractivity contribution in [3.63, 3.8) is 0 Å². The summed E-state index contributed by atoms with van der Waals surface area (Å²) >= 11 is 0. The monoisotopic (exact) mass is 318 g/mol. The van der Waals surface area contributed by atoms with Crippen molar-refractivity contribution in [3.8, 4) is 0 Å². The molecule has 0 fully saturated rings. The molecule has 118 valence electrons. The molecule has 2 rings (SSSR count). The van der Waals surface area contributed by atoms with E-state index in [0.717, 1.165) is 22.4 Å². The Morgan fingerprint density at radius 2 is 1.50 bits per heavy atom. The van der Waals surface area contributed by atoms with Gasteiger partial charge in [0.25, 0.3) is 0 Å². The molecular weight excluding hydrogens is 296 g/mol. The first-order valence-electron chi connectivity index (χ1n) is 7.26. The minimum absolute atomic E-state index is 0.337. The van der Waals surface area contributed by atoms with Crippen LogP contribution in [0.2, 0.25) is 0 Å². The Morgan fingerprint density at radius 1 is 0.909 bits per heavy atom. The summed E-state index contributed by atoms with van der Waals surface area (Å²) in [5.74, 6) is 0. The average Bonchev–Trinajstić information content (AvgIpc) is 2.43. The highest BCUT2D eigenvalue weighted by Gasteiger charge is 2.19. The van der Waals surface area contributed by atoms with Crippen molar-refractivity contribution >= 4 is 15.7 Å². The number of anilines is 1. The summed E-state index contributed by atoms with van der Waals surface area (Å²) in [6, 6.07) is 13.5. The van der Waals surface area contributed by atoms with Crippen molar-refractivity contribution in [3.05, 3.63) is 59.2 Å². The zero-order valence-electron chi connectivity index (χ0n) is 13.2. The minimum Gasteiger partial charge on any atom is -0.384 e. The van der Waals surface area contributed by atoms with Crippen LogP contribution in [0.25, 0.3) is 0 Å². The molecule has 5 heteroatoms. The first-order valence-corrected chi connectivity index (χ1v) is 8.75. The molecule has 0 saturated carbocycles. The van der Waals surface area contributed by atoms with Crippen LogP contribution in [0.5, 0.6) is 0 Å². The fourth-order valence-corrected chi connectivity index (χ4v) is 4.09. The molecule has 0 amide bonds. The van der Waals surface area contributed by atoms with Gasteiger partial charge >= 0.3 is 0 Å². The molecule has 0 atom stereocenters. The quantitative estimate of drug-likeness (QED) is 0.805. The lowest BCUT2D eigenvalue weighted by molar-refractivity contribution is 0.581. The van der Waals surface area contributed by atoms with Crippen molar-refractivity contribution in [1.82, 2.24) is 4.72 Å². The third-order valence-electron chi connectivity index (χ3n) is 3.39. The lowest BCUT2D eigenvalue weighted by Gasteiger charge is -2.13. The van der Waals surface area contributed by atoms with E-state index in [1.807, 2.05) is 63.2 Å². The zero-order chi connectivity index (χ0) is 16.2. The van der Waals surface area contributed by atoms with Gasteiger partial charge in [-0.05, 0) is 44.0 Å². The Labute approximate surface area is 132 Å². The summed E-state index contributed by atoms with van der Waals surface area (Å²) in [6.07, 6.45) is 0. The molecular formula is C17H22N2O2S. The molecule has 0 saturated heterocycles. The standard InChI is InChI=1S/C17H22N2O2S/c1-13-11-14(2)17(15(3)12-13)22(20,21)19-10-9-18-16-7-5-4-6-8-16/h4-8,11-12,18-19H,9-10H2,1-3H3. The smallest absolute Gasteiger partial charge is 0.241 e. The molecule has 0 spiro atoms. The maximum atomic E-state index is 12.5. The Bertz CT molecular complexity index is 718. The lowest BCUT2D eigenvalue weighted by Crippen LogP contribution is -2.30. The number of para-hydroxylation sites is 1. The molecule has 0 radical (unpaired) electrons. The summed E-state index contributed by atoms with van der Waals surface area (Å²) in [5, 5.41) is 3.18. The third kappa shape index (κ3) is 4.08. The van der Waals surface area contributed by atoms with Gasteiger partial charge in [-0.3, -0.25) is 0 Å². The van der Waals surface area contributed by atoms with Crippen LogP contribution in [-0.4, -0.2) is 21.5 Å². The number of aryl methyl sites for hydroxylation is 3. The molecule has 2 N–H and O–H groups in total. The minimum atomic E-state index is -3.48. The predicted molar refractivity (Wildman–Crippen MR) is 90.8 cm³/mol. The Hall–Kier alpha value is -1.85. The van der Waals surface area contributed by atoms with Crippen LogP contribution in [0.1, 0.15) is 16.7 Å². The molecule has 4 nitrogen and oxygen atoms in total. The van der Waals surface area contributed by atoms with E-state index in [-0.39, 0.29) is 0 Å². The van der Waals surface area contributed by atoms with E-state index >= 15 is 0 Å². The molecule has 0 bridgehead atoms. The van der Waals surface area contributed by atoms with Gasteiger partial charge in [0.05, 0.1) is 4.90 Å². The highest BCUT2D eigenvalue weighted by molar-refractivity contribution is 7.89. The SMILES string of the molecule is Cc1cc(C)c(S(=O)(=O)NCCNc2ccccc2)c(C)c1. The molecule has 0 aliphatic rings. The fraction of sp³-hybridized carbons (Fsp3) is 0.294. The molecule has 22 heavy (non-hydrogen) atoms. The molecule has 2 aromatic rings. The molecule has 0 aliphatic carbocycles.